The van der Waals surface area contributed by atoms with E-state index in [4.69, 9.17) is 0 Å². The summed E-state index contributed by atoms with van der Waals surface area (Å²) in [6.07, 6.45) is 4.68. The predicted octanol–water partition coefficient (Wildman–Crippen LogP) is 2.85. The van der Waals surface area contributed by atoms with Gasteiger partial charge in [0.25, 0.3) is 11.6 Å². The van der Waals surface area contributed by atoms with Crippen LogP contribution in [0.1, 0.15) is 15.9 Å². The van der Waals surface area contributed by atoms with Crippen LogP contribution in [0.2, 0.25) is 0 Å². The fourth-order valence-corrected chi connectivity index (χ4v) is 2.29. The summed E-state index contributed by atoms with van der Waals surface area (Å²) >= 11 is 0. The van der Waals surface area contributed by atoms with E-state index in [0.717, 1.165) is 0 Å². The van der Waals surface area contributed by atoms with Gasteiger partial charge >= 0.3 is 0 Å². The average molecular weight is 340 g/mol. The van der Waals surface area contributed by atoms with Crippen molar-refractivity contribution in [1.82, 2.24) is 14.9 Å². The molecule has 1 heterocycles. The van der Waals surface area contributed by atoms with Crippen molar-refractivity contribution in [3.63, 3.8) is 0 Å². The second-order valence-corrected chi connectivity index (χ2v) is 5.24. The lowest BCUT2D eigenvalue weighted by molar-refractivity contribution is -0.384. The monoisotopic (exact) mass is 340 g/mol. The van der Waals surface area contributed by atoms with Gasteiger partial charge in [-0.3, -0.25) is 14.9 Å². The number of nitro benzene ring substituents is 1. The highest BCUT2D eigenvalue weighted by Crippen LogP contribution is 2.15. The quantitative estimate of drug-likeness (QED) is 0.571. The van der Waals surface area contributed by atoms with E-state index in [1.807, 2.05) is 0 Å². The number of aromatic nitrogens is 2. The van der Waals surface area contributed by atoms with Crippen LogP contribution in [0.25, 0.3) is 5.69 Å². The number of rotatable bonds is 5. The molecule has 1 amide bonds. The zero-order chi connectivity index (χ0) is 17.8. The Bertz CT molecular complexity index is 908. The van der Waals surface area contributed by atoms with Crippen molar-refractivity contribution in [1.29, 1.82) is 0 Å². The molecule has 0 atom stereocenters. The first-order valence-electron chi connectivity index (χ1n) is 7.34. The fourth-order valence-electron chi connectivity index (χ4n) is 2.29. The van der Waals surface area contributed by atoms with Gasteiger partial charge in [0.05, 0.1) is 16.9 Å². The maximum absolute atomic E-state index is 14.2. The SMILES string of the molecule is O=C(NCc1ccc(-n2ccnc2)c(F)c1)c1ccc([N+](=O)[O-])cc1. The molecule has 126 valence electrons. The number of hydrogen-bond donors (Lipinski definition) is 1. The molecule has 0 bridgehead atoms. The van der Waals surface area contributed by atoms with Gasteiger partial charge in [-0.15, -0.1) is 0 Å². The molecule has 0 saturated heterocycles. The predicted molar refractivity (Wildman–Crippen MR) is 87.8 cm³/mol. The van der Waals surface area contributed by atoms with E-state index in [1.54, 1.807) is 29.1 Å². The first-order valence-corrected chi connectivity index (χ1v) is 7.34. The van der Waals surface area contributed by atoms with Crippen LogP contribution in [0.3, 0.4) is 0 Å². The van der Waals surface area contributed by atoms with Gasteiger partial charge in [0, 0.05) is 36.6 Å². The third kappa shape index (κ3) is 3.69. The molecule has 0 aliphatic carbocycles. The molecule has 0 aliphatic heterocycles. The number of hydrogen-bond acceptors (Lipinski definition) is 4. The maximum Gasteiger partial charge on any atom is 0.269 e. The molecule has 3 aromatic rings. The summed E-state index contributed by atoms with van der Waals surface area (Å²) in [6, 6.07) is 9.90. The minimum Gasteiger partial charge on any atom is -0.348 e. The Morgan fingerprint density at radius 2 is 2.00 bits per heavy atom. The lowest BCUT2D eigenvalue weighted by atomic mass is 10.1. The summed E-state index contributed by atoms with van der Waals surface area (Å²) in [5, 5.41) is 13.3. The van der Waals surface area contributed by atoms with E-state index in [9.17, 15) is 19.3 Å². The van der Waals surface area contributed by atoms with Crippen molar-refractivity contribution in [2.24, 2.45) is 0 Å². The van der Waals surface area contributed by atoms with E-state index in [0.29, 0.717) is 16.8 Å². The zero-order valence-corrected chi connectivity index (χ0v) is 12.9. The van der Waals surface area contributed by atoms with E-state index in [2.05, 4.69) is 10.3 Å². The molecule has 0 fully saturated rings. The number of nitro groups is 1. The number of amides is 1. The molecular formula is C17H13FN4O3. The summed E-state index contributed by atoms with van der Waals surface area (Å²) in [6.45, 7) is 0.136. The van der Waals surface area contributed by atoms with Crippen LogP contribution in [0, 0.1) is 15.9 Å². The first kappa shape index (κ1) is 16.3. The topological polar surface area (TPSA) is 90.1 Å². The second kappa shape index (κ2) is 6.91. The van der Waals surface area contributed by atoms with Gasteiger partial charge in [0.15, 0.2) is 0 Å². The minimum atomic E-state index is -0.535. The van der Waals surface area contributed by atoms with Crippen LogP contribution in [0.15, 0.2) is 61.2 Å². The molecule has 0 radical (unpaired) electrons. The number of non-ortho nitro benzene ring substituents is 1. The van der Waals surface area contributed by atoms with Gasteiger partial charge in [0.2, 0.25) is 0 Å². The number of nitrogens with one attached hydrogen (secondary N) is 1. The maximum atomic E-state index is 14.2. The molecular weight excluding hydrogens is 327 g/mol. The third-order valence-electron chi connectivity index (χ3n) is 3.59. The van der Waals surface area contributed by atoms with Crippen LogP contribution in [-0.2, 0) is 6.54 Å². The summed E-state index contributed by atoms with van der Waals surface area (Å²) in [4.78, 5) is 26.0. The molecule has 8 heteroatoms. The number of halogens is 1. The van der Waals surface area contributed by atoms with Crippen LogP contribution in [0.5, 0.6) is 0 Å². The number of benzene rings is 2. The highest BCUT2D eigenvalue weighted by molar-refractivity contribution is 5.94. The number of nitrogens with zero attached hydrogens (tertiary/aromatic N) is 3. The summed E-state index contributed by atoms with van der Waals surface area (Å²) in [7, 11) is 0. The molecule has 0 aliphatic rings. The fraction of sp³-hybridized carbons (Fsp3) is 0.0588. The van der Waals surface area contributed by atoms with Crippen molar-refractivity contribution >= 4 is 11.6 Å². The van der Waals surface area contributed by atoms with Crippen LogP contribution in [-0.4, -0.2) is 20.4 Å². The number of carbonyl (C=O) groups is 1. The van der Waals surface area contributed by atoms with Crippen LogP contribution >= 0.6 is 0 Å². The van der Waals surface area contributed by atoms with Crippen molar-refractivity contribution in [2.75, 3.05) is 0 Å². The second-order valence-electron chi connectivity index (χ2n) is 5.24. The number of carbonyl (C=O) groups excluding carboxylic acids is 1. The lowest BCUT2D eigenvalue weighted by Crippen LogP contribution is -2.22. The van der Waals surface area contributed by atoms with Crippen molar-refractivity contribution in [2.45, 2.75) is 6.54 Å². The van der Waals surface area contributed by atoms with Gasteiger partial charge in [-0.25, -0.2) is 9.37 Å². The van der Waals surface area contributed by atoms with Gasteiger partial charge < -0.3 is 9.88 Å². The van der Waals surface area contributed by atoms with Crippen LogP contribution < -0.4 is 5.32 Å². The Hall–Kier alpha value is -3.55. The third-order valence-corrected chi connectivity index (χ3v) is 3.59. The summed E-state index contributed by atoms with van der Waals surface area (Å²) in [5.74, 6) is -0.825. The summed E-state index contributed by atoms with van der Waals surface area (Å²) < 4.78 is 15.7. The van der Waals surface area contributed by atoms with Gasteiger partial charge in [-0.2, -0.15) is 0 Å². The van der Waals surface area contributed by atoms with Crippen molar-refractivity contribution in [3.05, 3.63) is 88.2 Å². The molecule has 1 aromatic heterocycles. The summed E-state index contributed by atoms with van der Waals surface area (Å²) in [5.41, 5.74) is 1.16. The Morgan fingerprint density at radius 3 is 2.60 bits per heavy atom. The molecule has 25 heavy (non-hydrogen) atoms. The molecule has 0 unspecified atom stereocenters. The Morgan fingerprint density at radius 1 is 1.24 bits per heavy atom. The highest BCUT2D eigenvalue weighted by Gasteiger charge is 2.10. The average Bonchev–Trinajstić information content (AvgIpc) is 3.14. The molecule has 3 rings (SSSR count). The molecule has 2 aromatic carbocycles. The van der Waals surface area contributed by atoms with Gasteiger partial charge in [0.1, 0.15) is 5.82 Å². The molecule has 0 spiro atoms. The Balaban J connectivity index is 1.66. The van der Waals surface area contributed by atoms with Crippen molar-refractivity contribution < 1.29 is 14.1 Å². The minimum absolute atomic E-state index is 0.0892. The van der Waals surface area contributed by atoms with Gasteiger partial charge in [-0.05, 0) is 29.8 Å². The van der Waals surface area contributed by atoms with E-state index in [-0.39, 0.29) is 12.2 Å². The normalized spacial score (nSPS) is 10.4. The Labute approximate surface area is 141 Å². The number of imidazole rings is 1. The molecule has 0 saturated carbocycles. The lowest BCUT2D eigenvalue weighted by Gasteiger charge is -2.08. The van der Waals surface area contributed by atoms with Gasteiger partial charge in [-0.1, -0.05) is 6.07 Å². The molecule has 7 nitrogen and oxygen atoms in total. The first-order chi connectivity index (χ1) is 12.0. The molecule has 1 N–H and O–H groups in total. The largest absolute Gasteiger partial charge is 0.348 e. The highest BCUT2D eigenvalue weighted by atomic mass is 19.1. The zero-order valence-electron chi connectivity index (χ0n) is 12.9. The standard InChI is InChI=1S/C17H13FN4O3/c18-15-9-12(1-6-16(15)21-8-7-19-11-21)10-20-17(23)13-2-4-14(5-3-13)22(24)25/h1-9,11H,10H2,(H,20,23). The van der Waals surface area contributed by atoms with Crippen molar-refractivity contribution in [3.8, 4) is 5.69 Å². The van der Waals surface area contributed by atoms with E-state index < -0.39 is 16.6 Å². The van der Waals surface area contributed by atoms with Crippen LogP contribution in [0.4, 0.5) is 10.1 Å². The van der Waals surface area contributed by atoms with E-state index in [1.165, 1.54) is 36.7 Å². The smallest absolute Gasteiger partial charge is 0.269 e. The van der Waals surface area contributed by atoms with E-state index >= 15 is 0 Å². The Kier molecular flexibility index (Phi) is 4.51.